The summed E-state index contributed by atoms with van der Waals surface area (Å²) in [7, 11) is 0. The molecule has 0 radical (unpaired) electrons. The molecule has 0 bridgehead atoms. The summed E-state index contributed by atoms with van der Waals surface area (Å²) in [6.07, 6.45) is 8.78. The highest BCUT2D eigenvalue weighted by Crippen LogP contribution is 2.37. The van der Waals surface area contributed by atoms with Crippen molar-refractivity contribution < 1.29 is 29.2 Å². The lowest BCUT2D eigenvalue weighted by Crippen LogP contribution is -2.44. The summed E-state index contributed by atoms with van der Waals surface area (Å²) in [6.45, 7) is 8.55. The first-order valence-electron chi connectivity index (χ1n) is 18.2. The van der Waals surface area contributed by atoms with Gasteiger partial charge in [-0.25, -0.2) is 0 Å². The summed E-state index contributed by atoms with van der Waals surface area (Å²) >= 11 is 6.83. The number of hydrogen-bond acceptors (Lipinski definition) is 10. The Morgan fingerprint density at radius 3 is 2.60 bits per heavy atom. The number of pyridine rings is 2. The molecular weight excluding hydrogens is 694 g/mol. The van der Waals surface area contributed by atoms with Crippen molar-refractivity contribution in [2.75, 3.05) is 32.8 Å². The van der Waals surface area contributed by atoms with Gasteiger partial charge in [0.25, 0.3) is 0 Å². The highest BCUT2D eigenvalue weighted by molar-refractivity contribution is 6.32. The Morgan fingerprint density at radius 2 is 1.81 bits per heavy atom. The number of aliphatic carboxylic acids is 1. The molecule has 11 nitrogen and oxygen atoms in total. The smallest absolute Gasteiger partial charge is 0.320 e. The van der Waals surface area contributed by atoms with Crippen molar-refractivity contribution in [1.82, 2.24) is 19.8 Å². The number of nitrogens with zero attached hydrogens (tertiary/aromatic N) is 5. The molecule has 53 heavy (non-hydrogen) atoms. The van der Waals surface area contributed by atoms with Gasteiger partial charge in [0, 0.05) is 62.0 Å². The van der Waals surface area contributed by atoms with Gasteiger partial charge in [-0.05, 0) is 92.6 Å². The number of benzene rings is 2. The minimum Gasteiger partial charge on any atom is -0.493 e. The molecule has 2 saturated heterocycles. The van der Waals surface area contributed by atoms with Gasteiger partial charge < -0.3 is 29.3 Å². The normalized spacial score (nSPS) is 17.7. The fourth-order valence-electron chi connectivity index (χ4n) is 7.12. The molecule has 2 aliphatic rings. The number of nitriles is 1. The summed E-state index contributed by atoms with van der Waals surface area (Å²) < 4.78 is 18.8. The third-order valence-corrected chi connectivity index (χ3v) is 10.4. The van der Waals surface area contributed by atoms with Crippen LogP contribution in [0.2, 0.25) is 5.02 Å². The number of carbonyl (C=O) groups is 1. The van der Waals surface area contributed by atoms with Crippen molar-refractivity contribution >= 4 is 17.6 Å². The zero-order valence-electron chi connectivity index (χ0n) is 30.3. The number of likely N-dealkylation sites (tertiary alicyclic amines) is 2. The minimum atomic E-state index is -0.840. The lowest BCUT2D eigenvalue weighted by Gasteiger charge is -2.33. The van der Waals surface area contributed by atoms with Gasteiger partial charge in [-0.2, -0.15) is 5.26 Å². The van der Waals surface area contributed by atoms with Gasteiger partial charge in [0.15, 0.2) is 0 Å². The second-order valence-corrected chi connectivity index (χ2v) is 14.2. The van der Waals surface area contributed by atoms with Crippen LogP contribution in [0.25, 0.3) is 11.1 Å². The van der Waals surface area contributed by atoms with Crippen LogP contribution in [-0.4, -0.2) is 80.9 Å². The molecule has 2 fully saturated rings. The van der Waals surface area contributed by atoms with E-state index in [-0.39, 0.29) is 19.3 Å². The topological polar surface area (TPSA) is 141 Å². The molecule has 2 aromatic heterocycles. The Balaban J connectivity index is 1.18. The van der Waals surface area contributed by atoms with Crippen LogP contribution in [-0.2, 0) is 24.6 Å². The van der Waals surface area contributed by atoms with E-state index in [1.54, 1.807) is 30.6 Å². The minimum absolute atomic E-state index is 0.145. The third-order valence-electron chi connectivity index (χ3n) is 10.1. The van der Waals surface area contributed by atoms with Crippen molar-refractivity contribution in [2.24, 2.45) is 0 Å². The average Bonchev–Trinajstić information content (AvgIpc) is 3.58. The number of aliphatic hydroxyl groups is 1. The van der Waals surface area contributed by atoms with Crippen molar-refractivity contribution in [2.45, 2.75) is 77.9 Å². The Morgan fingerprint density at radius 1 is 0.981 bits per heavy atom. The fourth-order valence-corrected chi connectivity index (χ4v) is 7.36. The summed E-state index contributed by atoms with van der Waals surface area (Å²) in [5, 5.41) is 29.4. The van der Waals surface area contributed by atoms with E-state index < -0.39 is 12.0 Å². The summed E-state index contributed by atoms with van der Waals surface area (Å²) in [6, 6.07) is 14.8. The fraction of sp³-hybridized carbons (Fsp3) is 0.415. The maximum Gasteiger partial charge on any atom is 0.320 e. The predicted octanol–water partition coefficient (Wildman–Crippen LogP) is 6.72. The lowest BCUT2D eigenvalue weighted by atomic mass is 9.96. The number of halogens is 1. The average molecular weight is 740 g/mol. The van der Waals surface area contributed by atoms with Gasteiger partial charge in [-0.15, -0.1) is 0 Å². The molecule has 2 aliphatic heterocycles. The molecule has 2 atom stereocenters. The molecule has 4 heterocycles. The van der Waals surface area contributed by atoms with Crippen LogP contribution >= 0.6 is 11.6 Å². The monoisotopic (exact) mass is 739 g/mol. The van der Waals surface area contributed by atoms with Gasteiger partial charge in [-0.3, -0.25) is 19.7 Å². The number of β-amino-alcohol motifs (C(OH)–C–C–N with tert-alkyl or cyclic N) is 1. The number of aliphatic hydroxyl groups excluding tert-OH is 1. The number of piperidine rings is 1. The van der Waals surface area contributed by atoms with E-state index in [9.17, 15) is 20.3 Å². The number of rotatable bonds is 15. The first-order chi connectivity index (χ1) is 25.7. The van der Waals surface area contributed by atoms with Crippen LogP contribution in [0.3, 0.4) is 0 Å². The van der Waals surface area contributed by atoms with E-state index >= 15 is 0 Å². The Kier molecular flexibility index (Phi) is 12.8. The van der Waals surface area contributed by atoms with Crippen molar-refractivity contribution in [3.63, 3.8) is 0 Å². The summed E-state index contributed by atoms with van der Waals surface area (Å²) in [5.41, 5.74) is 6.73. The van der Waals surface area contributed by atoms with Crippen LogP contribution < -0.4 is 14.2 Å². The van der Waals surface area contributed by atoms with Crippen LogP contribution in [0.4, 0.5) is 0 Å². The van der Waals surface area contributed by atoms with E-state index in [2.05, 4.69) is 33.9 Å². The molecule has 12 heteroatoms. The standard InChI is InChI=1S/C41H46ClN5O6/c1-27-34(33-7-5-9-38(28(33)2)51-16-6-13-46-15-11-32(48)24-46)10-12-45-36(27)26-53-40-19-39(52-25-30-17-29(20-43)21-44-22-30)31(18-35(40)42)23-47-14-4-3-8-37(47)41(49)50/h5,7,9-10,12,17-19,21-22,32,37,48H,3-4,6,8,11,13-16,23-26H2,1-2H3,(H,49,50)/t32-,37+/m1/s1. The molecular formula is C41H46ClN5O6. The van der Waals surface area contributed by atoms with Gasteiger partial charge in [0.1, 0.15) is 42.6 Å². The quantitative estimate of drug-likeness (QED) is 0.126. The van der Waals surface area contributed by atoms with Gasteiger partial charge >= 0.3 is 5.97 Å². The molecule has 0 aliphatic carbocycles. The van der Waals surface area contributed by atoms with Crippen LogP contribution in [0.5, 0.6) is 17.2 Å². The number of carboxylic acid groups (broad SMARTS) is 1. The van der Waals surface area contributed by atoms with Gasteiger partial charge in [0.2, 0.25) is 0 Å². The Bertz CT molecular complexity index is 1950. The van der Waals surface area contributed by atoms with Crippen molar-refractivity contribution in [1.29, 1.82) is 5.26 Å². The number of carboxylic acids is 1. The highest BCUT2D eigenvalue weighted by atomic mass is 35.5. The predicted molar refractivity (Wildman–Crippen MR) is 201 cm³/mol. The lowest BCUT2D eigenvalue weighted by molar-refractivity contribution is -0.144. The van der Waals surface area contributed by atoms with E-state index in [0.717, 1.165) is 90.1 Å². The van der Waals surface area contributed by atoms with Crippen LogP contribution in [0.1, 0.15) is 65.6 Å². The Labute approximate surface area is 315 Å². The number of aromatic nitrogens is 2. The molecule has 2 N–H and O–H groups in total. The maximum absolute atomic E-state index is 12.1. The van der Waals surface area contributed by atoms with Crippen molar-refractivity contribution in [3.8, 4) is 34.4 Å². The molecule has 0 saturated carbocycles. The maximum atomic E-state index is 12.1. The second kappa shape index (κ2) is 17.9. The molecule has 0 spiro atoms. The SMILES string of the molecule is Cc1c(OCCCN2CC[C@@H](O)C2)cccc1-c1ccnc(COc2cc(OCc3cncc(C#N)c3)c(CN3CCCC[C@H]3C(=O)O)cc2Cl)c1C. The molecule has 0 unspecified atom stereocenters. The number of ether oxygens (including phenoxy) is 3. The van der Waals surface area contributed by atoms with E-state index in [0.29, 0.717) is 48.2 Å². The largest absolute Gasteiger partial charge is 0.493 e. The third kappa shape index (κ3) is 9.64. The Hall–Kier alpha value is -4.73. The summed E-state index contributed by atoms with van der Waals surface area (Å²) in [4.78, 5) is 25.1. The second-order valence-electron chi connectivity index (χ2n) is 13.8. The number of hydrogen-bond donors (Lipinski definition) is 2. The van der Waals surface area contributed by atoms with Gasteiger partial charge in [0.05, 0.1) is 29.0 Å². The highest BCUT2D eigenvalue weighted by Gasteiger charge is 2.29. The molecule has 278 valence electrons. The molecule has 0 amide bonds. The molecule has 2 aromatic carbocycles. The van der Waals surface area contributed by atoms with Crippen LogP contribution in [0, 0.1) is 25.2 Å². The van der Waals surface area contributed by atoms with Crippen molar-refractivity contribution in [3.05, 3.63) is 99.6 Å². The van der Waals surface area contributed by atoms with Gasteiger partial charge in [-0.1, -0.05) is 30.2 Å². The first-order valence-corrected chi connectivity index (χ1v) is 18.5. The molecule has 6 rings (SSSR count). The van der Waals surface area contributed by atoms with E-state index in [4.69, 9.17) is 25.8 Å². The zero-order chi connectivity index (χ0) is 37.3. The van der Waals surface area contributed by atoms with E-state index in [1.807, 2.05) is 30.0 Å². The van der Waals surface area contributed by atoms with Crippen LogP contribution in [0.15, 0.2) is 61.1 Å². The molecule has 4 aromatic rings. The van der Waals surface area contributed by atoms with E-state index in [1.165, 1.54) is 6.20 Å². The first kappa shape index (κ1) is 38.0. The summed E-state index contributed by atoms with van der Waals surface area (Å²) in [5.74, 6) is 0.911. The zero-order valence-corrected chi connectivity index (χ0v) is 31.0.